The minimum Gasteiger partial charge on any atom is -0.478 e. The van der Waals surface area contributed by atoms with E-state index < -0.39 is 5.97 Å². The third kappa shape index (κ3) is 2.85. The molecule has 2 aromatic heterocycles. The first kappa shape index (κ1) is 13.8. The zero-order valence-electron chi connectivity index (χ0n) is 11.2. The van der Waals surface area contributed by atoms with E-state index in [1.165, 1.54) is 17.2 Å². The molecule has 2 rings (SSSR count). The maximum Gasteiger partial charge on any atom is 0.361 e. The number of carbonyl (C=O) groups excluding carboxylic acids is 1. The number of ether oxygens (including phenoxy) is 2. The van der Waals surface area contributed by atoms with Crippen LogP contribution in [0.2, 0.25) is 0 Å². The molecule has 0 saturated carbocycles. The lowest BCUT2D eigenvalue weighted by Crippen LogP contribution is -2.09. The summed E-state index contributed by atoms with van der Waals surface area (Å²) in [5, 5.41) is 4.07. The van der Waals surface area contributed by atoms with Gasteiger partial charge in [-0.3, -0.25) is 0 Å². The molecule has 0 aromatic carbocycles. The van der Waals surface area contributed by atoms with E-state index in [2.05, 4.69) is 15.1 Å². The molecule has 20 heavy (non-hydrogen) atoms. The number of carbonyl (C=O) groups is 1. The summed E-state index contributed by atoms with van der Waals surface area (Å²) < 4.78 is 11.5. The van der Waals surface area contributed by atoms with Crippen LogP contribution in [0.15, 0.2) is 18.6 Å². The Labute approximate surface area is 115 Å². The zero-order valence-corrected chi connectivity index (χ0v) is 11.2. The molecule has 0 aliphatic rings. The molecule has 0 aliphatic carbocycles. The van der Waals surface area contributed by atoms with Gasteiger partial charge in [-0.05, 0) is 13.8 Å². The highest BCUT2D eigenvalue weighted by atomic mass is 16.5. The van der Waals surface area contributed by atoms with Gasteiger partial charge in [-0.1, -0.05) is 0 Å². The molecule has 8 nitrogen and oxygen atoms in total. The lowest BCUT2D eigenvalue weighted by atomic mass is 10.4. The van der Waals surface area contributed by atoms with Gasteiger partial charge in [0.15, 0.2) is 11.5 Å². The highest BCUT2D eigenvalue weighted by molar-refractivity contribution is 5.92. The number of nitrogens with zero attached hydrogens (tertiary/aromatic N) is 4. The van der Waals surface area contributed by atoms with Crippen molar-refractivity contribution in [2.45, 2.75) is 13.8 Å². The molecule has 2 heterocycles. The molecule has 0 radical (unpaired) electrons. The lowest BCUT2D eigenvalue weighted by molar-refractivity contribution is 0.0520. The Balaban J connectivity index is 2.31. The largest absolute Gasteiger partial charge is 0.478 e. The number of hydrogen-bond acceptors (Lipinski definition) is 7. The van der Waals surface area contributed by atoms with Gasteiger partial charge in [0.2, 0.25) is 5.88 Å². The van der Waals surface area contributed by atoms with E-state index in [0.717, 1.165) is 0 Å². The number of nitrogens with two attached hydrogens (primary N) is 1. The van der Waals surface area contributed by atoms with Gasteiger partial charge in [-0.25, -0.2) is 19.4 Å². The highest BCUT2D eigenvalue weighted by Crippen LogP contribution is 2.16. The van der Waals surface area contributed by atoms with Crippen molar-refractivity contribution in [2.24, 2.45) is 0 Å². The van der Waals surface area contributed by atoms with Crippen molar-refractivity contribution < 1.29 is 14.3 Å². The maximum atomic E-state index is 11.6. The smallest absolute Gasteiger partial charge is 0.361 e. The Morgan fingerprint density at radius 1 is 1.35 bits per heavy atom. The van der Waals surface area contributed by atoms with Crippen molar-refractivity contribution in [3.63, 3.8) is 0 Å². The van der Waals surface area contributed by atoms with Gasteiger partial charge in [-0.15, -0.1) is 0 Å². The second-order valence-electron chi connectivity index (χ2n) is 3.75. The lowest BCUT2D eigenvalue weighted by Gasteiger charge is -2.03. The van der Waals surface area contributed by atoms with E-state index in [1.54, 1.807) is 13.0 Å². The Kier molecular flexibility index (Phi) is 4.14. The quantitative estimate of drug-likeness (QED) is 0.806. The minimum absolute atomic E-state index is 0.0587. The van der Waals surface area contributed by atoms with Gasteiger partial charge in [0, 0.05) is 6.07 Å². The zero-order chi connectivity index (χ0) is 14.5. The number of hydrogen-bond donors (Lipinski definition) is 1. The van der Waals surface area contributed by atoms with Crippen molar-refractivity contribution in [1.82, 2.24) is 19.7 Å². The predicted octanol–water partition coefficient (Wildman–Crippen LogP) is 0.820. The molecule has 0 atom stereocenters. The van der Waals surface area contributed by atoms with Crippen molar-refractivity contribution in [1.29, 1.82) is 0 Å². The van der Waals surface area contributed by atoms with Crippen molar-refractivity contribution in [3.05, 3.63) is 24.3 Å². The summed E-state index contributed by atoms with van der Waals surface area (Å²) in [6.07, 6.45) is 2.84. The Hall–Kier alpha value is -2.64. The molecule has 0 unspecified atom stereocenters. The first-order valence-corrected chi connectivity index (χ1v) is 6.13. The van der Waals surface area contributed by atoms with Crippen LogP contribution in [0.4, 0.5) is 5.69 Å². The molecule has 0 amide bonds. The van der Waals surface area contributed by atoms with Crippen LogP contribution in [-0.4, -0.2) is 38.9 Å². The molecule has 0 saturated heterocycles. The van der Waals surface area contributed by atoms with Gasteiger partial charge >= 0.3 is 5.97 Å². The van der Waals surface area contributed by atoms with Crippen LogP contribution in [0.1, 0.15) is 24.3 Å². The average Bonchev–Trinajstić information content (AvgIpc) is 2.82. The fourth-order valence-electron chi connectivity index (χ4n) is 1.54. The van der Waals surface area contributed by atoms with Gasteiger partial charge in [0.25, 0.3) is 0 Å². The van der Waals surface area contributed by atoms with Gasteiger partial charge < -0.3 is 15.2 Å². The van der Waals surface area contributed by atoms with Crippen LogP contribution >= 0.6 is 0 Å². The van der Waals surface area contributed by atoms with Crippen LogP contribution in [-0.2, 0) is 4.74 Å². The fraction of sp³-hybridized carbons (Fsp3) is 0.333. The van der Waals surface area contributed by atoms with E-state index in [4.69, 9.17) is 15.2 Å². The van der Waals surface area contributed by atoms with E-state index >= 15 is 0 Å². The second-order valence-corrected chi connectivity index (χ2v) is 3.75. The summed E-state index contributed by atoms with van der Waals surface area (Å²) in [6.45, 7) is 4.31. The summed E-state index contributed by atoms with van der Waals surface area (Å²) in [7, 11) is 0. The normalized spacial score (nSPS) is 10.3. The van der Waals surface area contributed by atoms with E-state index in [-0.39, 0.29) is 18.0 Å². The fourth-order valence-corrected chi connectivity index (χ4v) is 1.54. The molecule has 106 valence electrons. The first-order valence-electron chi connectivity index (χ1n) is 6.13. The summed E-state index contributed by atoms with van der Waals surface area (Å²) >= 11 is 0. The molecule has 2 aromatic rings. The molecule has 0 fully saturated rings. The van der Waals surface area contributed by atoms with Crippen molar-refractivity contribution in [3.8, 4) is 11.7 Å². The molecular weight excluding hydrogens is 262 g/mol. The maximum absolute atomic E-state index is 11.6. The summed E-state index contributed by atoms with van der Waals surface area (Å²) in [6, 6.07) is 1.60. The van der Waals surface area contributed by atoms with Crippen molar-refractivity contribution >= 4 is 11.7 Å². The molecule has 0 spiro atoms. The highest BCUT2D eigenvalue weighted by Gasteiger charge is 2.17. The van der Waals surface area contributed by atoms with Crippen LogP contribution in [0.3, 0.4) is 0 Å². The third-order valence-corrected chi connectivity index (χ3v) is 2.37. The van der Waals surface area contributed by atoms with Gasteiger partial charge in [-0.2, -0.15) is 5.10 Å². The summed E-state index contributed by atoms with van der Waals surface area (Å²) in [5.41, 5.74) is 6.03. The first-order chi connectivity index (χ1) is 9.65. The summed E-state index contributed by atoms with van der Waals surface area (Å²) in [4.78, 5) is 19.6. The Bertz CT molecular complexity index is 611. The van der Waals surface area contributed by atoms with Crippen molar-refractivity contribution in [2.75, 3.05) is 18.9 Å². The van der Waals surface area contributed by atoms with Crippen LogP contribution in [0, 0.1) is 0 Å². The second kappa shape index (κ2) is 6.00. The van der Waals surface area contributed by atoms with E-state index in [1.807, 2.05) is 6.92 Å². The Morgan fingerprint density at radius 3 is 2.85 bits per heavy atom. The molecule has 8 heteroatoms. The SMILES string of the molecule is CCOC(=O)c1nn(-c2cc(OCC)ncn2)cc1N. The number of anilines is 1. The minimum atomic E-state index is -0.567. The monoisotopic (exact) mass is 277 g/mol. The van der Waals surface area contributed by atoms with Crippen LogP contribution in [0.25, 0.3) is 5.82 Å². The predicted molar refractivity (Wildman–Crippen MR) is 70.7 cm³/mol. The van der Waals surface area contributed by atoms with Crippen LogP contribution in [0.5, 0.6) is 5.88 Å². The van der Waals surface area contributed by atoms with Crippen LogP contribution < -0.4 is 10.5 Å². The van der Waals surface area contributed by atoms with Gasteiger partial charge in [0.1, 0.15) is 6.33 Å². The number of nitrogen functional groups attached to an aromatic ring is 1. The topological polar surface area (TPSA) is 105 Å². The molecule has 2 N–H and O–H groups in total. The standard InChI is InChI=1S/C12H15N5O3/c1-3-19-10-5-9(14-7-15-10)17-6-8(13)11(16-17)12(18)20-4-2/h5-7H,3-4,13H2,1-2H3. The molecule has 0 bridgehead atoms. The van der Waals surface area contributed by atoms with E-state index in [0.29, 0.717) is 18.3 Å². The average molecular weight is 277 g/mol. The third-order valence-electron chi connectivity index (χ3n) is 2.37. The molecular formula is C12H15N5O3. The molecule has 0 aliphatic heterocycles. The number of esters is 1. The number of rotatable bonds is 5. The Morgan fingerprint density at radius 2 is 2.15 bits per heavy atom. The van der Waals surface area contributed by atoms with E-state index in [9.17, 15) is 4.79 Å². The number of aromatic nitrogens is 4. The summed E-state index contributed by atoms with van der Waals surface area (Å²) in [5.74, 6) is 0.304. The van der Waals surface area contributed by atoms with Gasteiger partial charge in [0.05, 0.1) is 25.1 Å².